The molecule has 298 valence electrons. The largest absolute Gasteiger partial charge is 0.384 e. The van der Waals surface area contributed by atoms with Crippen LogP contribution < -0.4 is 16.0 Å². The highest BCUT2D eigenvalue weighted by Gasteiger charge is 2.39. The Labute approximate surface area is 332 Å². The maximum atomic E-state index is 14.7. The number of rotatable bonds is 13. The molecule has 7 rings (SSSR count). The van der Waals surface area contributed by atoms with E-state index in [4.69, 9.17) is 5.41 Å². The van der Waals surface area contributed by atoms with E-state index in [1.54, 1.807) is 31.2 Å². The van der Waals surface area contributed by atoms with Crippen LogP contribution in [-0.2, 0) is 16.1 Å². The number of aldehydes is 1. The van der Waals surface area contributed by atoms with Crippen molar-refractivity contribution in [3.05, 3.63) is 88.0 Å². The lowest BCUT2D eigenvalue weighted by atomic mass is 10.0. The first-order valence-electron chi connectivity index (χ1n) is 19.8. The van der Waals surface area contributed by atoms with Gasteiger partial charge in [0.2, 0.25) is 11.8 Å². The maximum Gasteiger partial charge on any atom is 0.255 e. The van der Waals surface area contributed by atoms with Crippen molar-refractivity contribution < 1.29 is 23.6 Å². The lowest BCUT2D eigenvalue weighted by Gasteiger charge is -2.29. The molecule has 13 heteroatoms. The van der Waals surface area contributed by atoms with Crippen LogP contribution in [0.3, 0.4) is 0 Å². The van der Waals surface area contributed by atoms with Crippen molar-refractivity contribution in [2.45, 2.75) is 89.8 Å². The SMILES string of the molecule is CC(=N)c1ccc(C=O)cc1NCCCCCCCC#Cc1cc2c(cc1F)C(=O)N(C1CCC(=O)NC1=O)C2.CNc1cc2[nH]c(C3CCCN3C)cc2cn1. The van der Waals surface area contributed by atoms with Crippen molar-refractivity contribution in [3.63, 3.8) is 0 Å². The second kappa shape index (κ2) is 18.8. The van der Waals surface area contributed by atoms with Crippen LogP contribution >= 0.6 is 0 Å². The van der Waals surface area contributed by atoms with Crippen molar-refractivity contribution in [1.82, 2.24) is 25.1 Å². The summed E-state index contributed by atoms with van der Waals surface area (Å²) in [7, 11) is 4.09. The van der Waals surface area contributed by atoms with Gasteiger partial charge in [0.05, 0.1) is 11.1 Å². The second-order valence-electron chi connectivity index (χ2n) is 15.0. The highest BCUT2D eigenvalue weighted by molar-refractivity contribution is 6.05. The Morgan fingerprint density at radius 1 is 1.05 bits per heavy atom. The van der Waals surface area contributed by atoms with E-state index in [-0.39, 0.29) is 36.4 Å². The number of carbonyl (C=O) groups excluding carboxylic acids is 4. The van der Waals surface area contributed by atoms with Gasteiger partial charge in [-0.05, 0) is 82.4 Å². The first-order chi connectivity index (χ1) is 27.6. The normalized spacial score (nSPS) is 17.7. The zero-order valence-electron chi connectivity index (χ0n) is 32.9. The average molecular weight is 775 g/mol. The van der Waals surface area contributed by atoms with Gasteiger partial charge >= 0.3 is 0 Å². The molecule has 0 spiro atoms. The molecule has 2 atom stereocenters. The third-order valence-corrected chi connectivity index (χ3v) is 10.9. The number of halogens is 1. The zero-order chi connectivity index (χ0) is 40.5. The smallest absolute Gasteiger partial charge is 0.255 e. The molecule has 57 heavy (non-hydrogen) atoms. The Bertz CT molecular complexity index is 2220. The number of likely N-dealkylation sites (tertiary alicyclic amines) is 1. The summed E-state index contributed by atoms with van der Waals surface area (Å²) in [5.41, 5.74) is 6.22. The van der Waals surface area contributed by atoms with Gasteiger partial charge in [0.25, 0.3) is 5.91 Å². The number of amides is 3. The second-order valence-corrected chi connectivity index (χ2v) is 15.0. The quantitative estimate of drug-likeness (QED) is 0.0320. The minimum Gasteiger partial charge on any atom is -0.384 e. The van der Waals surface area contributed by atoms with Crippen molar-refractivity contribution in [3.8, 4) is 11.8 Å². The molecule has 0 saturated carbocycles. The van der Waals surface area contributed by atoms with Gasteiger partial charge in [-0.3, -0.25) is 29.4 Å². The van der Waals surface area contributed by atoms with Crippen molar-refractivity contribution >= 4 is 52.1 Å². The van der Waals surface area contributed by atoms with Gasteiger partial charge in [-0.2, -0.15) is 0 Å². The highest BCUT2D eigenvalue weighted by atomic mass is 19.1. The molecule has 2 aromatic heterocycles. The van der Waals surface area contributed by atoms with E-state index in [2.05, 4.69) is 61.8 Å². The molecule has 0 radical (unpaired) electrons. The molecule has 2 aromatic carbocycles. The van der Waals surface area contributed by atoms with Crippen LogP contribution in [0.1, 0.15) is 120 Å². The van der Waals surface area contributed by atoms with Gasteiger partial charge in [0.15, 0.2) is 0 Å². The number of hydrogen-bond donors (Lipinski definition) is 5. The Balaban J connectivity index is 0.000000266. The summed E-state index contributed by atoms with van der Waals surface area (Å²) in [6.45, 7) is 3.86. The molecule has 4 aromatic rings. The topological polar surface area (TPSA) is 163 Å². The Morgan fingerprint density at radius 3 is 2.60 bits per heavy atom. The maximum absolute atomic E-state index is 14.7. The summed E-state index contributed by atoms with van der Waals surface area (Å²) in [6.07, 6.45) is 11.3. The molecule has 2 saturated heterocycles. The Kier molecular flexibility index (Phi) is 13.5. The summed E-state index contributed by atoms with van der Waals surface area (Å²) in [5, 5.41) is 17.8. The van der Waals surface area contributed by atoms with Crippen molar-refractivity contribution in [1.29, 1.82) is 5.41 Å². The minimum atomic E-state index is -0.733. The van der Waals surface area contributed by atoms with Crippen LogP contribution in [0.2, 0.25) is 0 Å². The first-order valence-corrected chi connectivity index (χ1v) is 19.8. The van der Waals surface area contributed by atoms with E-state index in [1.165, 1.54) is 46.9 Å². The number of unbranched alkanes of at least 4 members (excludes halogenated alkanes) is 5. The molecule has 5 heterocycles. The minimum absolute atomic E-state index is 0.168. The number of benzene rings is 2. The molecule has 3 aliphatic rings. The fourth-order valence-electron chi connectivity index (χ4n) is 7.71. The molecular formula is C44H51FN8O4. The summed E-state index contributed by atoms with van der Waals surface area (Å²) in [4.78, 5) is 59.1. The van der Waals surface area contributed by atoms with Crippen molar-refractivity contribution in [2.75, 3.05) is 37.8 Å². The van der Waals surface area contributed by atoms with Crippen LogP contribution in [-0.4, -0.2) is 82.7 Å². The molecule has 2 fully saturated rings. The molecule has 3 aliphatic heterocycles. The lowest BCUT2D eigenvalue weighted by molar-refractivity contribution is -0.136. The monoisotopic (exact) mass is 774 g/mol. The summed E-state index contributed by atoms with van der Waals surface area (Å²) >= 11 is 0. The number of hydrogen-bond acceptors (Lipinski definition) is 9. The van der Waals surface area contributed by atoms with Crippen LogP contribution in [0.25, 0.3) is 10.9 Å². The van der Waals surface area contributed by atoms with Gasteiger partial charge < -0.3 is 25.9 Å². The molecule has 2 unspecified atom stereocenters. The van der Waals surface area contributed by atoms with Crippen molar-refractivity contribution in [2.24, 2.45) is 0 Å². The molecule has 0 bridgehead atoms. The fourth-order valence-corrected chi connectivity index (χ4v) is 7.71. The number of carbonyl (C=O) groups is 4. The lowest BCUT2D eigenvalue weighted by Crippen LogP contribution is -2.52. The van der Waals surface area contributed by atoms with Crippen LogP contribution in [0.5, 0.6) is 0 Å². The predicted octanol–water partition coefficient (Wildman–Crippen LogP) is 6.96. The Hall–Kier alpha value is -5.87. The van der Waals surface area contributed by atoms with Gasteiger partial charge in [-0.15, -0.1) is 0 Å². The van der Waals surface area contributed by atoms with Crippen LogP contribution in [0.15, 0.2) is 48.7 Å². The third-order valence-electron chi connectivity index (χ3n) is 10.9. The zero-order valence-corrected chi connectivity index (χ0v) is 32.9. The number of pyridine rings is 1. The average Bonchev–Trinajstić information content (AvgIpc) is 3.91. The van der Waals surface area contributed by atoms with E-state index >= 15 is 0 Å². The van der Waals surface area contributed by atoms with Crippen LogP contribution in [0, 0.1) is 23.1 Å². The summed E-state index contributed by atoms with van der Waals surface area (Å²) in [6, 6.07) is 12.2. The number of piperidine rings is 1. The summed E-state index contributed by atoms with van der Waals surface area (Å²) < 4.78 is 14.7. The highest BCUT2D eigenvalue weighted by Crippen LogP contribution is 2.32. The summed E-state index contributed by atoms with van der Waals surface area (Å²) in [5.74, 6) is 5.02. The van der Waals surface area contributed by atoms with Gasteiger partial charge in [-0.25, -0.2) is 9.37 Å². The van der Waals surface area contributed by atoms with Gasteiger partial charge in [-0.1, -0.05) is 43.2 Å². The van der Waals surface area contributed by atoms with Crippen LogP contribution in [0.4, 0.5) is 15.9 Å². The standard InChI is InChI=1S/C31H33FN4O4.C13H18N4/c1-20(33)24-11-10-21(19-37)15-27(24)34-14-8-6-4-2-3-5-7-9-22-16-23-18-36(31(40)25(23)17-26(22)32)28-12-13-29(38)35-30(28)39;1-14-13-7-10-9(8-15-13)6-11(16-10)12-4-3-5-17(12)2/h10-11,15-17,19,28,33-34H,2-6,8,12-14,18H2,1H3,(H,35,38,39);6-8,12,16H,3-5H2,1-2H3,(H,14,15). The number of fused-ring (bicyclic) bond motifs is 2. The molecule has 0 aliphatic carbocycles. The van der Waals surface area contributed by atoms with E-state index in [1.807, 2.05) is 13.2 Å². The van der Waals surface area contributed by atoms with Gasteiger partial charge in [0.1, 0.15) is 24.0 Å². The number of imide groups is 1. The van der Waals surface area contributed by atoms with E-state index in [9.17, 15) is 23.6 Å². The number of anilines is 2. The molecule has 5 N–H and O–H groups in total. The molecular weight excluding hydrogens is 724 g/mol. The Morgan fingerprint density at radius 2 is 1.86 bits per heavy atom. The predicted molar refractivity (Wildman–Crippen MR) is 220 cm³/mol. The third kappa shape index (κ3) is 9.93. The van der Waals surface area contributed by atoms with E-state index in [0.29, 0.717) is 29.3 Å². The fraction of sp³-hybridized carbons (Fsp3) is 0.409. The van der Waals surface area contributed by atoms with Gasteiger partial charge in [0, 0.05) is 90.5 Å². The molecule has 12 nitrogen and oxygen atoms in total. The van der Waals surface area contributed by atoms with E-state index in [0.717, 1.165) is 62.0 Å². The number of nitrogens with one attached hydrogen (secondary N) is 5. The molecule has 3 amide bonds. The number of H-pyrrole nitrogens is 1. The first kappa shape index (κ1) is 40.8. The number of aromatic nitrogens is 2. The van der Waals surface area contributed by atoms with E-state index < -0.39 is 23.7 Å². The number of nitrogens with zero attached hydrogens (tertiary/aromatic N) is 3. The number of aromatic amines is 1.